The molecule has 0 aromatic heterocycles. The Balaban J connectivity index is 1.46. The Hall–Kier alpha value is -5.94. The summed E-state index contributed by atoms with van der Waals surface area (Å²) in [5, 5.41) is 0. The molecular weight excluding hydrogens is 629 g/mol. The maximum atomic E-state index is 15.2. The quantitative estimate of drug-likeness (QED) is 0.173. The van der Waals surface area contributed by atoms with Gasteiger partial charge in [0.1, 0.15) is 11.6 Å². The van der Waals surface area contributed by atoms with Gasteiger partial charge in [-0.25, -0.2) is 8.78 Å². The summed E-state index contributed by atoms with van der Waals surface area (Å²) in [5.41, 5.74) is 16.6. The molecule has 0 unspecified atom stereocenters. The SMILES string of the molecule is Cc1cc2c3c(c1)N(c1cccc(F)c1)c1cc(C)cc4c1B3c1c(cc(C)cc1C4(c1ccccc1)c1ccccc1)N2c1cccc(F)c1. The highest BCUT2D eigenvalue weighted by molar-refractivity contribution is 7.01. The van der Waals surface area contributed by atoms with Gasteiger partial charge in [0.05, 0.1) is 5.41 Å². The van der Waals surface area contributed by atoms with Crippen molar-refractivity contribution in [3.8, 4) is 0 Å². The fourth-order valence-electron chi connectivity index (χ4n) is 9.37. The molecule has 244 valence electrons. The highest BCUT2D eigenvalue weighted by atomic mass is 19.1. The van der Waals surface area contributed by atoms with Crippen LogP contribution in [-0.2, 0) is 5.41 Å². The van der Waals surface area contributed by atoms with Gasteiger partial charge in [-0.15, -0.1) is 0 Å². The molecule has 3 aliphatic heterocycles. The first-order valence-corrected chi connectivity index (χ1v) is 17.5. The van der Waals surface area contributed by atoms with E-state index in [4.69, 9.17) is 0 Å². The van der Waals surface area contributed by atoms with Crippen molar-refractivity contribution in [1.82, 2.24) is 0 Å². The summed E-state index contributed by atoms with van der Waals surface area (Å²) in [6.07, 6.45) is 0. The molecule has 51 heavy (non-hydrogen) atoms. The minimum absolute atomic E-state index is 0.109. The average Bonchev–Trinajstić information content (AvgIpc) is 3.12. The second kappa shape index (κ2) is 10.8. The normalized spacial score (nSPS) is 14.4. The third-order valence-corrected chi connectivity index (χ3v) is 11.1. The highest BCUT2D eigenvalue weighted by Gasteiger charge is 2.55. The van der Waals surface area contributed by atoms with Gasteiger partial charge < -0.3 is 9.80 Å². The van der Waals surface area contributed by atoms with Crippen LogP contribution in [-0.4, -0.2) is 6.71 Å². The van der Waals surface area contributed by atoms with Gasteiger partial charge in [-0.3, -0.25) is 0 Å². The standard InChI is InChI=1S/C46H33BF2N2/c1-28-20-37-43-39(22-28)50(35-18-10-16-33(48)26-35)41-24-30(3)25-42-45(41)47(43)44-38(21-29(2)23-40(44)51(42)36-19-11-17-34(49)27-36)46(37,31-12-6-4-7-13-31)32-14-8-5-9-15-32/h4-27H,1-3H3. The van der Waals surface area contributed by atoms with Gasteiger partial charge in [0.15, 0.2) is 0 Å². The summed E-state index contributed by atoms with van der Waals surface area (Å²) in [6, 6.07) is 49.3. The fourth-order valence-corrected chi connectivity index (χ4v) is 9.37. The molecule has 2 nitrogen and oxygen atoms in total. The van der Waals surface area contributed by atoms with Gasteiger partial charge in [-0.05, 0) is 137 Å². The van der Waals surface area contributed by atoms with Crippen LogP contribution in [0.15, 0.2) is 146 Å². The zero-order valence-corrected chi connectivity index (χ0v) is 28.6. The first-order valence-electron chi connectivity index (χ1n) is 17.5. The Bertz CT molecular complexity index is 2390. The van der Waals surface area contributed by atoms with E-state index in [0.29, 0.717) is 0 Å². The Morgan fingerprint density at radius 1 is 0.431 bits per heavy atom. The summed E-state index contributed by atoms with van der Waals surface area (Å²) in [7, 11) is 0. The topological polar surface area (TPSA) is 6.48 Å². The lowest BCUT2D eigenvalue weighted by molar-refractivity contribution is 0.627. The molecular formula is C46H33BF2N2. The summed E-state index contributed by atoms with van der Waals surface area (Å²) < 4.78 is 30.4. The van der Waals surface area contributed by atoms with Crippen LogP contribution in [0.4, 0.5) is 42.9 Å². The van der Waals surface area contributed by atoms with Crippen LogP contribution in [0.2, 0.25) is 0 Å². The monoisotopic (exact) mass is 662 g/mol. The van der Waals surface area contributed by atoms with Crippen LogP contribution in [0.3, 0.4) is 0 Å². The van der Waals surface area contributed by atoms with Gasteiger partial charge in [0.25, 0.3) is 6.71 Å². The van der Waals surface area contributed by atoms with Crippen molar-refractivity contribution in [3.63, 3.8) is 0 Å². The van der Waals surface area contributed by atoms with E-state index < -0.39 is 5.41 Å². The molecule has 0 fully saturated rings. The molecule has 5 heteroatoms. The summed E-state index contributed by atoms with van der Waals surface area (Å²) >= 11 is 0. The lowest BCUT2D eigenvalue weighted by Crippen LogP contribution is -2.68. The molecule has 0 amide bonds. The first-order chi connectivity index (χ1) is 24.8. The zero-order valence-electron chi connectivity index (χ0n) is 28.6. The van der Waals surface area contributed by atoms with E-state index in [2.05, 4.69) is 128 Å². The number of aryl methyl sites for hydroxylation is 3. The number of benzene rings is 7. The Morgan fingerprint density at radius 2 is 0.824 bits per heavy atom. The highest BCUT2D eigenvalue weighted by Crippen LogP contribution is 2.53. The van der Waals surface area contributed by atoms with Gasteiger partial charge in [-0.2, -0.15) is 0 Å². The second-order valence-corrected chi connectivity index (χ2v) is 14.3. The van der Waals surface area contributed by atoms with Crippen LogP contribution in [0.5, 0.6) is 0 Å². The van der Waals surface area contributed by atoms with E-state index >= 15 is 8.78 Å². The molecule has 0 radical (unpaired) electrons. The van der Waals surface area contributed by atoms with Crippen LogP contribution in [0.25, 0.3) is 0 Å². The predicted octanol–water partition coefficient (Wildman–Crippen LogP) is 9.67. The first kappa shape index (κ1) is 29.9. The minimum Gasteiger partial charge on any atom is -0.311 e. The predicted molar refractivity (Wildman–Crippen MR) is 206 cm³/mol. The summed E-state index contributed by atoms with van der Waals surface area (Å²) in [5.74, 6) is -0.574. The van der Waals surface area contributed by atoms with E-state index in [1.165, 1.54) is 45.3 Å². The van der Waals surface area contributed by atoms with E-state index in [9.17, 15) is 0 Å². The molecule has 0 aliphatic carbocycles. The molecule has 3 heterocycles. The van der Waals surface area contributed by atoms with Crippen molar-refractivity contribution in [2.45, 2.75) is 26.2 Å². The number of halogens is 2. The molecule has 7 aromatic rings. The average molecular weight is 663 g/mol. The van der Waals surface area contributed by atoms with Gasteiger partial charge in [0, 0.05) is 34.1 Å². The lowest BCUT2D eigenvalue weighted by Gasteiger charge is -2.52. The number of hydrogen-bond acceptors (Lipinski definition) is 2. The van der Waals surface area contributed by atoms with Crippen LogP contribution in [0, 0.1) is 32.4 Å². The molecule has 0 bridgehead atoms. The Labute approximate surface area is 297 Å². The Kier molecular flexibility index (Phi) is 6.33. The van der Waals surface area contributed by atoms with E-state index in [1.54, 1.807) is 24.3 Å². The zero-order chi connectivity index (χ0) is 34.6. The molecule has 0 atom stereocenters. The molecule has 0 spiro atoms. The van der Waals surface area contributed by atoms with Crippen molar-refractivity contribution < 1.29 is 8.78 Å². The van der Waals surface area contributed by atoms with Crippen molar-refractivity contribution in [2.75, 3.05) is 9.80 Å². The fraction of sp³-hybridized carbons (Fsp3) is 0.0870. The van der Waals surface area contributed by atoms with Crippen molar-refractivity contribution in [3.05, 3.63) is 196 Å². The number of nitrogens with zero attached hydrogens (tertiary/aromatic N) is 2. The van der Waals surface area contributed by atoms with Gasteiger partial charge in [0.2, 0.25) is 0 Å². The summed E-state index contributed by atoms with van der Waals surface area (Å²) in [6.45, 7) is 6.33. The smallest absolute Gasteiger partial charge is 0.253 e. The third-order valence-electron chi connectivity index (χ3n) is 11.1. The third kappa shape index (κ3) is 4.09. The minimum atomic E-state index is -0.688. The largest absolute Gasteiger partial charge is 0.311 e. The van der Waals surface area contributed by atoms with Gasteiger partial charge >= 0.3 is 0 Å². The lowest BCUT2D eigenvalue weighted by atomic mass is 9.27. The van der Waals surface area contributed by atoms with Gasteiger partial charge in [-0.1, -0.05) is 84.9 Å². The second-order valence-electron chi connectivity index (χ2n) is 14.3. The Morgan fingerprint density at radius 3 is 1.24 bits per heavy atom. The molecule has 0 N–H and O–H groups in total. The van der Waals surface area contributed by atoms with Crippen LogP contribution < -0.4 is 26.2 Å². The summed E-state index contributed by atoms with van der Waals surface area (Å²) in [4.78, 5) is 4.51. The maximum Gasteiger partial charge on any atom is 0.253 e. The van der Waals surface area contributed by atoms with E-state index in [1.807, 2.05) is 12.1 Å². The van der Waals surface area contributed by atoms with Crippen molar-refractivity contribution in [1.29, 1.82) is 0 Å². The number of anilines is 6. The maximum absolute atomic E-state index is 15.2. The van der Waals surface area contributed by atoms with Crippen LogP contribution in [0.1, 0.15) is 38.9 Å². The molecule has 0 saturated carbocycles. The molecule has 0 saturated heterocycles. The number of rotatable bonds is 4. The van der Waals surface area contributed by atoms with Crippen molar-refractivity contribution in [2.24, 2.45) is 0 Å². The van der Waals surface area contributed by atoms with E-state index in [-0.39, 0.29) is 18.3 Å². The molecule has 10 rings (SSSR count). The number of hydrogen-bond donors (Lipinski definition) is 0. The molecule has 3 aliphatic rings. The van der Waals surface area contributed by atoms with E-state index in [0.717, 1.165) is 56.3 Å². The van der Waals surface area contributed by atoms with Crippen LogP contribution >= 0.6 is 0 Å². The molecule has 7 aromatic carbocycles. The van der Waals surface area contributed by atoms with Crippen molar-refractivity contribution >= 4 is 57.2 Å².